The number of amides is 2. The molecule has 3 rings (SSSR count). The first kappa shape index (κ1) is 29.3. The van der Waals surface area contributed by atoms with Crippen LogP contribution >= 0.6 is 11.3 Å². The maximum absolute atomic E-state index is 13.8. The Bertz CT molecular complexity index is 1120. The number of carbonyl (C=O) groups excluding carboxylic acids is 2. The highest BCUT2D eigenvalue weighted by molar-refractivity contribution is 7.89. The Balaban J connectivity index is 1.79. The molecule has 204 valence electrons. The molecule has 1 fully saturated rings. The predicted molar refractivity (Wildman–Crippen MR) is 150 cm³/mol. The SMILES string of the molecule is CCCS(=O)(=O)N(CCC(C)C)CC(=O)N(Cc1ccccc1C)C1CCN(C(=O)c2cccs2)CC1. The highest BCUT2D eigenvalue weighted by Gasteiger charge is 2.33. The number of sulfonamides is 1. The average Bonchev–Trinajstić information content (AvgIpc) is 3.40. The molecule has 1 aromatic carbocycles. The Kier molecular flexibility index (Phi) is 10.7. The van der Waals surface area contributed by atoms with Gasteiger partial charge in [0.1, 0.15) is 0 Å². The lowest BCUT2D eigenvalue weighted by molar-refractivity contribution is -0.135. The molecule has 1 aromatic heterocycles. The van der Waals surface area contributed by atoms with Crippen molar-refractivity contribution in [1.29, 1.82) is 0 Å². The smallest absolute Gasteiger partial charge is 0.263 e. The van der Waals surface area contributed by atoms with Gasteiger partial charge in [0.2, 0.25) is 15.9 Å². The maximum atomic E-state index is 13.8. The molecule has 0 atom stereocenters. The van der Waals surface area contributed by atoms with E-state index in [2.05, 4.69) is 13.8 Å². The average molecular weight is 548 g/mol. The Morgan fingerprint density at radius 1 is 1.11 bits per heavy atom. The molecule has 0 bridgehead atoms. The van der Waals surface area contributed by atoms with E-state index in [1.807, 2.05) is 65.4 Å². The molecule has 2 amide bonds. The third-order valence-corrected chi connectivity index (χ3v) is 9.85. The third-order valence-electron chi connectivity index (χ3n) is 6.97. The summed E-state index contributed by atoms with van der Waals surface area (Å²) in [5, 5.41) is 1.90. The van der Waals surface area contributed by atoms with Crippen LogP contribution in [-0.2, 0) is 21.4 Å². The highest BCUT2D eigenvalue weighted by Crippen LogP contribution is 2.24. The van der Waals surface area contributed by atoms with E-state index in [0.29, 0.717) is 57.8 Å². The minimum atomic E-state index is -3.52. The first-order valence-electron chi connectivity index (χ1n) is 13.3. The monoisotopic (exact) mass is 547 g/mol. The van der Waals surface area contributed by atoms with Gasteiger partial charge in [-0.1, -0.05) is 51.1 Å². The van der Waals surface area contributed by atoms with E-state index in [1.165, 1.54) is 15.6 Å². The number of aryl methyl sites for hydroxylation is 1. The highest BCUT2D eigenvalue weighted by atomic mass is 32.2. The van der Waals surface area contributed by atoms with Crippen molar-refractivity contribution in [3.63, 3.8) is 0 Å². The van der Waals surface area contributed by atoms with Crippen molar-refractivity contribution in [3.05, 3.63) is 57.8 Å². The molecule has 0 radical (unpaired) electrons. The number of benzene rings is 1. The lowest BCUT2D eigenvalue weighted by Crippen LogP contribution is -2.51. The van der Waals surface area contributed by atoms with Crippen LogP contribution in [0, 0.1) is 12.8 Å². The Morgan fingerprint density at radius 3 is 2.41 bits per heavy atom. The molecule has 37 heavy (non-hydrogen) atoms. The number of rotatable bonds is 12. The summed E-state index contributed by atoms with van der Waals surface area (Å²) < 4.78 is 27.5. The van der Waals surface area contributed by atoms with Gasteiger partial charge < -0.3 is 9.80 Å². The molecule has 0 N–H and O–H groups in total. The lowest BCUT2D eigenvalue weighted by Gasteiger charge is -2.39. The second kappa shape index (κ2) is 13.5. The summed E-state index contributed by atoms with van der Waals surface area (Å²) >= 11 is 1.44. The van der Waals surface area contributed by atoms with E-state index >= 15 is 0 Å². The molecule has 0 saturated carbocycles. The van der Waals surface area contributed by atoms with Gasteiger partial charge in [-0.25, -0.2) is 8.42 Å². The van der Waals surface area contributed by atoms with Crippen LogP contribution in [0.25, 0.3) is 0 Å². The Labute approximate surface area is 226 Å². The summed E-state index contributed by atoms with van der Waals surface area (Å²) in [6, 6.07) is 11.7. The first-order chi connectivity index (χ1) is 17.6. The van der Waals surface area contributed by atoms with Crippen LogP contribution in [-0.4, -0.2) is 72.3 Å². The van der Waals surface area contributed by atoms with Crippen molar-refractivity contribution in [1.82, 2.24) is 14.1 Å². The first-order valence-corrected chi connectivity index (χ1v) is 15.8. The van der Waals surface area contributed by atoms with Crippen LogP contribution in [0.1, 0.15) is 67.3 Å². The number of hydrogen-bond donors (Lipinski definition) is 0. The lowest BCUT2D eigenvalue weighted by atomic mass is 10.0. The fourth-order valence-corrected chi connectivity index (χ4v) is 6.83. The van der Waals surface area contributed by atoms with Crippen molar-refractivity contribution in [2.45, 2.75) is 66.0 Å². The predicted octanol–water partition coefficient (Wildman–Crippen LogP) is 4.78. The molecule has 1 aliphatic rings. The zero-order valence-electron chi connectivity index (χ0n) is 22.6. The maximum Gasteiger partial charge on any atom is 0.263 e. The summed E-state index contributed by atoms with van der Waals surface area (Å²) in [7, 11) is -3.52. The zero-order valence-corrected chi connectivity index (χ0v) is 24.2. The standard InChI is InChI=1S/C28H41N3O4S2/c1-5-19-37(34,35)30(17-12-22(2)3)21-27(32)31(20-24-10-7-6-9-23(24)4)25-13-15-29(16-14-25)28(33)26-11-8-18-36-26/h6-11,18,22,25H,5,12-17,19-21H2,1-4H3. The molecule has 2 aromatic rings. The van der Waals surface area contributed by atoms with Crippen LogP contribution in [0.5, 0.6) is 0 Å². The zero-order chi connectivity index (χ0) is 27.0. The van der Waals surface area contributed by atoms with Gasteiger partial charge in [0.05, 0.1) is 17.2 Å². The number of thiophene rings is 1. The largest absolute Gasteiger partial charge is 0.338 e. The van der Waals surface area contributed by atoms with Gasteiger partial charge in [0.15, 0.2) is 0 Å². The number of carbonyl (C=O) groups is 2. The van der Waals surface area contributed by atoms with Crippen LogP contribution in [0.3, 0.4) is 0 Å². The van der Waals surface area contributed by atoms with E-state index in [9.17, 15) is 18.0 Å². The van der Waals surface area contributed by atoms with E-state index in [-0.39, 0.29) is 30.2 Å². The molecular formula is C28H41N3O4S2. The number of piperidine rings is 1. The van der Waals surface area contributed by atoms with Gasteiger partial charge >= 0.3 is 0 Å². The molecule has 0 aliphatic carbocycles. The minimum Gasteiger partial charge on any atom is -0.338 e. The summed E-state index contributed by atoms with van der Waals surface area (Å²) in [6.07, 6.45) is 2.56. The summed E-state index contributed by atoms with van der Waals surface area (Å²) in [6.45, 7) is 9.77. The third kappa shape index (κ3) is 8.12. The van der Waals surface area contributed by atoms with Crippen LogP contribution in [0.15, 0.2) is 41.8 Å². The molecular weight excluding hydrogens is 506 g/mol. The fourth-order valence-electron chi connectivity index (χ4n) is 4.68. The van der Waals surface area contributed by atoms with Crippen LogP contribution < -0.4 is 0 Å². The number of nitrogens with zero attached hydrogens (tertiary/aromatic N) is 3. The quantitative estimate of drug-likeness (QED) is 0.383. The topological polar surface area (TPSA) is 78.0 Å². The molecule has 1 saturated heterocycles. The van der Waals surface area contributed by atoms with E-state index in [4.69, 9.17) is 0 Å². The van der Waals surface area contributed by atoms with Crippen molar-refractivity contribution in [3.8, 4) is 0 Å². The second-order valence-corrected chi connectivity index (χ2v) is 13.3. The van der Waals surface area contributed by atoms with Crippen molar-refractivity contribution < 1.29 is 18.0 Å². The van der Waals surface area contributed by atoms with Gasteiger partial charge in [-0.05, 0) is 61.1 Å². The van der Waals surface area contributed by atoms with Gasteiger partial charge in [-0.2, -0.15) is 4.31 Å². The Hall–Kier alpha value is -2.23. The summed E-state index contributed by atoms with van der Waals surface area (Å²) in [4.78, 5) is 31.1. The van der Waals surface area contributed by atoms with Crippen molar-refractivity contribution in [2.75, 3.05) is 31.9 Å². The molecule has 2 heterocycles. The second-order valence-electron chi connectivity index (χ2n) is 10.3. The fraction of sp³-hybridized carbons (Fsp3) is 0.571. The molecule has 1 aliphatic heterocycles. The van der Waals surface area contributed by atoms with Crippen molar-refractivity contribution in [2.24, 2.45) is 5.92 Å². The van der Waals surface area contributed by atoms with Crippen LogP contribution in [0.4, 0.5) is 0 Å². The molecule has 0 spiro atoms. The van der Waals surface area contributed by atoms with Gasteiger partial charge in [0, 0.05) is 32.2 Å². The molecule has 9 heteroatoms. The summed E-state index contributed by atoms with van der Waals surface area (Å²) in [5.41, 5.74) is 2.15. The minimum absolute atomic E-state index is 0.0377. The van der Waals surface area contributed by atoms with Crippen molar-refractivity contribution >= 4 is 33.2 Å². The Morgan fingerprint density at radius 2 is 1.81 bits per heavy atom. The molecule has 0 unspecified atom stereocenters. The van der Waals surface area contributed by atoms with E-state index in [0.717, 1.165) is 16.0 Å². The normalized spacial score (nSPS) is 14.9. The van der Waals surface area contributed by atoms with E-state index in [1.54, 1.807) is 0 Å². The van der Waals surface area contributed by atoms with Gasteiger partial charge in [-0.15, -0.1) is 11.3 Å². The number of hydrogen-bond acceptors (Lipinski definition) is 5. The van der Waals surface area contributed by atoms with Crippen LogP contribution in [0.2, 0.25) is 0 Å². The van der Waals surface area contributed by atoms with E-state index < -0.39 is 10.0 Å². The molecule has 7 nitrogen and oxygen atoms in total. The number of likely N-dealkylation sites (tertiary alicyclic amines) is 1. The summed E-state index contributed by atoms with van der Waals surface area (Å²) in [5.74, 6) is 0.243. The van der Waals surface area contributed by atoms with Gasteiger partial charge in [0.25, 0.3) is 5.91 Å². The van der Waals surface area contributed by atoms with Gasteiger partial charge in [-0.3, -0.25) is 9.59 Å².